The van der Waals surface area contributed by atoms with E-state index in [1.54, 1.807) is 23.1 Å². The van der Waals surface area contributed by atoms with Gasteiger partial charge in [-0.15, -0.1) is 0 Å². The van der Waals surface area contributed by atoms with Crippen LogP contribution in [0.3, 0.4) is 0 Å². The van der Waals surface area contributed by atoms with Crippen molar-refractivity contribution in [1.82, 2.24) is 15.1 Å². The van der Waals surface area contributed by atoms with Crippen LogP contribution in [0, 0.1) is 0 Å². The van der Waals surface area contributed by atoms with Crippen molar-refractivity contribution >= 4 is 5.91 Å². The van der Waals surface area contributed by atoms with Gasteiger partial charge in [-0.25, -0.2) is 0 Å². The maximum atomic E-state index is 13.1. The summed E-state index contributed by atoms with van der Waals surface area (Å²) in [5.41, 5.74) is 0.721. The van der Waals surface area contributed by atoms with Crippen LogP contribution in [0.1, 0.15) is 37.1 Å². The summed E-state index contributed by atoms with van der Waals surface area (Å²) in [5.74, 6) is -0.623. The molecule has 0 saturated heterocycles. The Balaban J connectivity index is 1.88. The Morgan fingerprint density at radius 1 is 1.28 bits per heavy atom. The monoisotopic (exact) mass is 355 g/mol. The number of ether oxygens (including phenoxy) is 1. The second-order valence-electron chi connectivity index (χ2n) is 5.84. The van der Waals surface area contributed by atoms with Crippen molar-refractivity contribution in [3.8, 4) is 0 Å². The van der Waals surface area contributed by atoms with Gasteiger partial charge in [-0.05, 0) is 19.4 Å². The zero-order chi connectivity index (χ0) is 18.4. The van der Waals surface area contributed by atoms with E-state index in [4.69, 9.17) is 4.74 Å². The predicted octanol–water partition coefficient (Wildman–Crippen LogP) is 3.40. The first-order chi connectivity index (χ1) is 11.8. The van der Waals surface area contributed by atoms with Crippen molar-refractivity contribution in [2.75, 3.05) is 6.61 Å². The molecule has 1 aromatic heterocycles. The van der Waals surface area contributed by atoms with Crippen LogP contribution in [0.15, 0.2) is 42.7 Å². The van der Waals surface area contributed by atoms with Gasteiger partial charge in [0.1, 0.15) is 6.61 Å². The lowest BCUT2D eigenvalue weighted by Gasteiger charge is -2.21. The molecule has 1 aromatic carbocycles. The number of amides is 1. The Morgan fingerprint density at radius 2 is 1.96 bits per heavy atom. The Hall–Kier alpha value is -2.35. The average Bonchev–Trinajstić information content (AvgIpc) is 3.02. The molecule has 1 N–H and O–H groups in total. The predicted molar refractivity (Wildman–Crippen MR) is 85.6 cm³/mol. The van der Waals surface area contributed by atoms with E-state index >= 15 is 0 Å². The molecule has 0 aliphatic carbocycles. The molecule has 2 aromatic rings. The maximum absolute atomic E-state index is 13.1. The van der Waals surface area contributed by atoms with E-state index in [2.05, 4.69) is 10.4 Å². The van der Waals surface area contributed by atoms with Crippen molar-refractivity contribution in [3.05, 3.63) is 53.9 Å². The number of nitrogens with zero attached hydrogens (tertiary/aromatic N) is 2. The molecule has 1 unspecified atom stereocenters. The van der Waals surface area contributed by atoms with Gasteiger partial charge >= 0.3 is 6.18 Å². The number of hydrogen-bond acceptors (Lipinski definition) is 3. The van der Waals surface area contributed by atoms with E-state index in [0.29, 0.717) is 0 Å². The summed E-state index contributed by atoms with van der Waals surface area (Å²) >= 11 is 0. The molecule has 2 rings (SSSR count). The highest BCUT2D eigenvalue weighted by molar-refractivity contribution is 5.77. The maximum Gasteiger partial charge on any atom is 0.418 e. The average molecular weight is 355 g/mol. The van der Waals surface area contributed by atoms with E-state index in [0.717, 1.165) is 5.56 Å². The fourth-order valence-electron chi connectivity index (χ4n) is 2.17. The van der Waals surface area contributed by atoms with Crippen LogP contribution >= 0.6 is 0 Å². The highest BCUT2D eigenvalue weighted by atomic mass is 19.4. The van der Waals surface area contributed by atoms with E-state index in [9.17, 15) is 18.0 Å². The molecule has 1 heterocycles. The number of carbonyl (C=O) groups is 1. The van der Waals surface area contributed by atoms with Crippen LogP contribution in [0.2, 0.25) is 0 Å². The van der Waals surface area contributed by atoms with Crippen LogP contribution in [0.5, 0.6) is 0 Å². The summed E-state index contributed by atoms with van der Waals surface area (Å²) < 4.78 is 45.9. The molecule has 0 saturated carbocycles. The number of halogens is 3. The Kier molecular flexibility index (Phi) is 6.19. The second kappa shape index (κ2) is 8.15. The highest BCUT2D eigenvalue weighted by Gasteiger charge is 2.42. The van der Waals surface area contributed by atoms with Gasteiger partial charge < -0.3 is 10.1 Å². The molecule has 0 spiro atoms. The van der Waals surface area contributed by atoms with Gasteiger partial charge in [-0.1, -0.05) is 30.3 Å². The number of benzene rings is 1. The second-order valence-corrected chi connectivity index (χ2v) is 5.84. The minimum Gasteiger partial charge on any atom is -0.354 e. The first-order valence-electron chi connectivity index (χ1n) is 7.80. The Labute approximate surface area is 143 Å². The summed E-state index contributed by atoms with van der Waals surface area (Å²) in [7, 11) is 0. The molecule has 0 aliphatic heterocycles. The number of rotatable bonds is 7. The number of alkyl halides is 3. The van der Waals surface area contributed by atoms with Crippen molar-refractivity contribution < 1.29 is 22.7 Å². The van der Waals surface area contributed by atoms with Crippen LogP contribution in [0.25, 0.3) is 0 Å². The van der Waals surface area contributed by atoms with Crippen molar-refractivity contribution in [3.63, 3.8) is 0 Å². The SMILES string of the molecule is CC(C)n1cc(CNC(=O)COC(c2ccccc2)C(F)(F)F)cn1. The third-order valence-electron chi connectivity index (χ3n) is 3.45. The first-order valence-corrected chi connectivity index (χ1v) is 7.80. The van der Waals surface area contributed by atoms with Gasteiger partial charge in [0.05, 0.1) is 6.20 Å². The molecule has 8 heteroatoms. The zero-order valence-corrected chi connectivity index (χ0v) is 14.0. The van der Waals surface area contributed by atoms with Gasteiger partial charge in [0.2, 0.25) is 5.91 Å². The van der Waals surface area contributed by atoms with Gasteiger partial charge in [0.25, 0.3) is 0 Å². The van der Waals surface area contributed by atoms with E-state index in [1.165, 1.54) is 24.3 Å². The van der Waals surface area contributed by atoms with Crippen LogP contribution in [0.4, 0.5) is 13.2 Å². The normalized spacial score (nSPS) is 13.0. The van der Waals surface area contributed by atoms with Crippen LogP contribution < -0.4 is 5.32 Å². The summed E-state index contributed by atoms with van der Waals surface area (Å²) in [4.78, 5) is 11.8. The summed E-state index contributed by atoms with van der Waals surface area (Å²) in [6, 6.07) is 7.41. The smallest absolute Gasteiger partial charge is 0.354 e. The minimum absolute atomic E-state index is 0.0407. The van der Waals surface area contributed by atoms with E-state index in [-0.39, 0.29) is 18.2 Å². The van der Waals surface area contributed by atoms with Crippen LogP contribution in [-0.2, 0) is 16.1 Å². The zero-order valence-electron chi connectivity index (χ0n) is 14.0. The Bertz CT molecular complexity index is 684. The quantitative estimate of drug-likeness (QED) is 0.828. The number of aromatic nitrogens is 2. The molecule has 25 heavy (non-hydrogen) atoms. The third kappa shape index (κ3) is 5.60. The summed E-state index contributed by atoms with van der Waals surface area (Å²) in [6.45, 7) is 3.42. The molecular formula is C17H20F3N3O2. The van der Waals surface area contributed by atoms with E-state index < -0.39 is 24.8 Å². The third-order valence-corrected chi connectivity index (χ3v) is 3.45. The molecule has 0 aliphatic rings. The fourth-order valence-corrected chi connectivity index (χ4v) is 2.17. The standard InChI is InChI=1S/C17H20F3N3O2/c1-12(2)23-10-13(9-22-23)8-21-15(24)11-25-16(17(18,19)20)14-6-4-3-5-7-14/h3-7,9-10,12,16H,8,11H2,1-2H3,(H,21,24). The minimum atomic E-state index is -4.60. The van der Waals surface area contributed by atoms with Crippen molar-refractivity contribution in [2.24, 2.45) is 0 Å². The lowest BCUT2D eigenvalue weighted by molar-refractivity contribution is -0.223. The molecule has 0 fully saturated rings. The Morgan fingerprint density at radius 3 is 2.52 bits per heavy atom. The molecule has 5 nitrogen and oxygen atoms in total. The molecule has 1 amide bonds. The summed E-state index contributed by atoms with van der Waals surface area (Å²) in [6.07, 6.45) is -3.36. The molecule has 0 bridgehead atoms. The van der Waals surface area contributed by atoms with Gasteiger partial charge in [0.15, 0.2) is 6.10 Å². The fraction of sp³-hybridized carbons (Fsp3) is 0.412. The highest BCUT2D eigenvalue weighted by Crippen LogP contribution is 2.35. The number of nitrogens with one attached hydrogen (secondary N) is 1. The van der Waals surface area contributed by atoms with Gasteiger partial charge in [0, 0.05) is 24.3 Å². The molecular weight excluding hydrogens is 335 g/mol. The van der Waals surface area contributed by atoms with Crippen LogP contribution in [-0.4, -0.2) is 28.5 Å². The first kappa shape index (κ1) is 19.0. The summed E-state index contributed by atoms with van der Waals surface area (Å²) in [5, 5.41) is 6.65. The lowest BCUT2D eigenvalue weighted by atomic mass is 10.1. The topological polar surface area (TPSA) is 56.2 Å². The van der Waals surface area contributed by atoms with Gasteiger partial charge in [-0.2, -0.15) is 18.3 Å². The van der Waals surface area contributed by atoms with Crippen molar-refractivity contribution in [2.45, 2.75) is 38.7 Å². The van der Waals surface area contributed by atoms with E-state index in [1.807, 2.05) is 13.8 Å². The van der Waals surface area contributed by atoms with Gasteiger partial charge in [-0.3, -0.25) is 9.48 Å². The molecule has 0 radical (unpaired) electrons. The van der Waals surface area contributed by atoms with Crippen molar-refractivity contribution in [1.29, 1.82) is 0 Å². The largest absolute Gasteiger partial charge is 0.418 e. The lowest BCUT2D eigenvalue weighted by Crippen LogP contribution is -2.31. The number of hydrogen-bond donors (Lipinski definition) is 1. The number of carbonyl (C=O) groups excluding carboxylic acids is 1. The molecule has 1 atom stereocenters. The molecule has 136 valence electrons.